The number of alkyl halides is 6. The third-order valence-electron chi connectivity index (χ3n) is 11.6. The number of anilines is 2. The Morgan fingerprint density at radius 2 is 1.49 bits per heavy atom. The van der Waals surface area contributed by atoms with Gasteiger partial charge in [0.05, 0.1) is 57.4 Å². The number of aryl methyl sites for hydroxylation is 3. The van der Waals surface area contributed by atoms with Gasteiger partial charge in [0.25, 0.3) is 0 Å². The molecule has 0 fully saturated rings. The van der Waals surface area contributed by atoms with Crippen molar-refractivity contribution in [2.75, 3.05) is 36.8 Å². The molecule has 0 saturated heterocycles. The van der Waals surface area contributed by atoms with E-state index in [4.69, 9.17) is 94.7 Å². The number of carboxylic acid groups (broad SMARTS) is 1. The van der Waals surface area contributed by atoms with Gasteiger partial charge >= 0.3 is 42.3 Å². The number of nitrogen functional groups attached to an aromatic ring is 1. The molecule has 3 aromatic heterocycles. The Hall–Kier alpha value is -7.15. The molecule has 1 aliphatic rings. The van der Waals surface area contributed by atoms with Crippen LogP contribution >= 0.6 is 69.6 Å². The number of aromatic carboxylic acids is 1. The standard InChI is InChI=1S/C16H18Cl2N2O4.C15H14Cl2F3N3O3.C14H13F3N2O4S.C6H4Cl2N2O2/c1-4-23-14(21)12-9-16(3,15(22)24-5-2)20(19-12)13-7-6-10(17)8-11(13)18;1-3-26-13(24)10(17)4-8-5-12(11(18)6-9(8)16)23-15(25)22(14(19)20)7(2)21-23;1-7-11(13(21)19(2)18-7)12(20)9-5-4-8(14(15,16)17)6-10(9)24(3,22)23;7-3-1-2(9)4(8)5(10-3)6(11)12/h6-8H,4-5,9H2,1-3H3;5-6,10,14H,3-4H2,1-2H3;4-6,21H,1-3H3;1H,(H2,9,10)(H,11,12). The van der Waals surface area contributed by atoms with Crippen LogP contribution in [0.25, 0.3) is 5.69 Å². The largest absolute Gasteiger partial charge is 0.493 e. The third kappa shape index (κ3) is 17.1. The highest BCUT2D eigenvalue weighted by Crippen LogP contribution is 2.40. The minimum absolute atomic E-state index is 0.00861. The molecule has 2 unspecified atom stereocenters. The fourth-order valence-corrected chi connectivity index (χ4v) is 9.80. The molecule has 466 valence electrons. The summed E-state index contributed by atoms with van der Waals surface area (Å²) in [5.41, 5.74) is 1.35. The minimum Gasteiger partial charge on any atom is -0.493 e. The quantitative estimate of drug-likeness (QED) is 0.0215. The van der Waals surface area contributed by atoms with Crippen LogP contribution in [0.5, 0.6) is 5.88 Å². The summed E-state index contributed by atoms with van der Waals surface area (Å²) in [6, 6.07) is 9.94. The number of nitrogens with zero attached hydrogens (tertiary/aromatic N) is 8. The predicted octanol–water partition coefficient (Wildman–Crippen LogP) is 10.4. The smallest absolute Gasteiger partial charge is 0.416 e. The molecule has 6 aromatic rings. The van der Waals surface area contributed by atoms with Gasteiger partial charge in [0.1, 0.15) is 33.3 Å². The number of benzene rings is 3. The van der Waals surface area contributed by atoms with Crippen molar-refractivity contribution in [3.8, 4) is 11.6 Å². The maximum Gasteiger partial charge on any atom is 0.416 e. The number of hydrogen-bond donors (Lipinski definition) is 3. The van der Waals surface area contributed by atoms with E-state index in [2.05, 4.69) is 20.3 Å². The molecule has 1 aliphatic heterocycles. The van der Waals surface area contributed by atoms with Crippen molar-refractivity contribution in [3.05, 3.63) is 136 Å². The summed E-state index contributed by atoms with van der Waals surface area (Å²) in [6.07, 6.45) is -4.11. The van der Waals surface area contributed by atoms with E-state index in [9.17, 15) is 68.6 Å². The van der Waals surface area contributed by atoms with Crippen LogP contribution < -0.4 is 16.4 Å². The summed E-state index contributed by atoms with van der Waals surface area (Å²) < 4.78 is 119. The molecular weight excluding hydrogens is 1310 g/mol. The number of ketones is 1. The number of halogens is 12. The van der Waals surface area contributed by atoms with Crippen LogP contribution in [0.4, 0.5) is 37.7 Å². The number of sulfone groups is 1. The SMILES string of the molecule is CCOC(=O)C(Cl)Cc1cc(-n2nc(C)n(C(F)F)c2=O)c(F)cc1Cl.CCOC(=O)C1=NN(c2ccc(Cl)cc2Cl)C(C)(C(=O)OCC)C1.Cc1nn(C)c(O)c1C(=O)c1ccc(C(F)(F)F)cc1S(C)(=O)=O.Nc1cc(Cl)nc(C(=O)O)c1Cl. The fraction of sp³-hybridized carbons (Fsp3) is 0.333. The highest BCUT2D eigenvalue weighted by molar-refractivity contribution is 7.90. The van der Waals surface area contributed by atoms with Crippen LogP contribution in [0.3, 0.4) is 0 Å². The number of aromatic nitrogens is 6. The number of pyridine rings is 1. The number of carboxylic acids is 1. The lowest BCUT2D eigenvalue weighted by atomic mass is 9.95. The van der Waals surface area contributed by atoms with Crippen LogP contribution in [-0.2, 0) is 58.1 Å². The molecule has 22 nitrogen and oxygen atoms in total. The second-order valence-corrected chi connectivity index (χ2v) is 22.3. The predicted molar refractivity (Wildman–Crippen MR) is 305 cm³/mol. The van der Waals surface area contributed by atoms with Gasteiger partial charge in [-0.2, -0.15) is 36.8 Å². The molecule has 0 spiro atoms. The number of carbonyl (C=O) groups excluding carboxylic acids is 4. The Balaban J connectivity index is 0.000000253. The number of aromatic hydroxyl groups is 1. The molecule has 0 radical (unpaired) electrons. The van der Waals surface area contributed by atoms with Crippen molar-refractivity contribution in [1.82, 2.24) is 29.1 Å². The van der Waals surface area contributed by atoms with Crippen molar-refractivity contribution in [1.29, 1.82) is 0 Å². The minimum atomic E-state index is -4.76. The van der Waals surface area contributed by atoms with E-state index in [0.29, 0.717) is 38.8 Å². The molecule has 2 atom stereocenters. The molecule has 0 aliphatic carbocycles. The lowest BCUT2D eigenvalue weighted by Gasteiger charge is -2.32. The summed E-state index contributed by atoms with van der Waals surface area (Å²) in [5, 5.41) is 31.1. The monoisotopic (exact) mass is 1350 g/mol. The van der Waals surface area contributed by atoms with Gasteiger partial charge in [-0.3, -0.25) is 9.59 Å². The van der Waals surface area contributed by atoms with Crippen LogP contribution in [-0.4, -0.2) is 120 Å². The molecule has 86 heavy (non-hydrogen) atoms. The molecular formula is C51H49Cl6F6N9O13S. The molecule has 4 heterocycles. The Morgan fingerprint density at radius 1 is 0.872 bits per heavy atom. The number of rotatable bonds is 15. The number of hydrogen-bond acceptors (Lipinski definition) is 18. The maximum absolute atomic E-state index is 14.2. The lowest BCUT2D eigenvalue weighted by molar-refractivity contribution is -0.148. The Bertz CT molecular complexity index is 3790. The number of carbonyl (C=O) groups is 5. The first-order valence-corrected chi connectivity index (χ1v) is 28.5. The molecule has 0 amide bonds. The van der Waals surface area contributed by atoms with E-state index in [0.717, 1.165) is 22.9 Å². The Labute approximate surface area is 514 Å². The highest BCUT2D eigenvalue weighted by atomic mass is 35.5. The average molecular weight is 1350 g/mol. The molecule has 3 aromatic carbocycles. The van der Waals surface area contributed by atoms with E-state index in [1.165, 1.54) is 32.0 Å². The summed E-state index contributed by atoms with van der Waals surface area (Å²) in [5.74, 6) is -5.67. The number of nitrogens with two attached hydrogens (primary N) is 1. The third-order valence-corrected chi connectivity index (χ3v) is 14.5. The fourth-order valence-electron chi connectivity index (χ4n) is 7.58. The molecule has 7 rings (SSSR count). The lowest BCUT2D eigenvalue weighted by Crippen LogP contribution is -2.48. The first-order chi connectivity index (χ1) is 39.9. The summed E-state index contributed by atoms with van der Waals surface area (Å²) >= 11 is 35.1. The van der Waals surface area contributed by atoms with Crippen molar-refractivity contribution < 1.29 is 83.2 Å². The number of esters is 3. The normalized spacial score (nSPS) is 14.2. The molecule has 0 bridgehead atoms. The van der Waals surface area contributed by atoms with Gasteiger partial charge in [0.2, 0.25) is 11.7 Å². The Morgan fingerprint density at radius 3 is 2.00 bits per heavy atom. The first-order valence-electron chi connectivity index (χ1n) is 24.3. The van der Waals surface area contributed by atoms with Crippen molar-refractivity contribution in [3.63, 3.8) is 0 Å². The maximum atomic E-state index is 14.2. The van der Waals surface area contributed by atoms with Crippen molar-refractivity contribution in [2.45, 2.75) is 82.9 Å². The Kier molecular flexibility index (Phi) is 24.5. The van der Waals surface area contributed by atoms with Crippen molar-refractivity contribution >= 4 is 126 Å². The zero-order valence-corrected chi connectivity index (χ0v) is 51.2. The summed E-state index contributed by atoms with van der Waals surface area (Å²) in [7, 11) is -2.75. The first kappa shape index (κ1) is 71.3. The zero-order chi connectivity index (χ0) is 65.2. The summed E-state index contributed by atoms with van der Waals surface area (Å²) in [6.45, 7) is 6.71. The van der Waals surface area contributed by atoms with E-state index < -0.39 is 96.5 Å². The van der Waals surface area contributed by atoms with E-state index in [1.807, 2.05) is 0 Å². The van der Waals surface area contributed by atoms with Gasteiger partial charge in [0, 0.05) is 41.8 Å². The molecule has 0 saturated carbocycles. The molecule has 4 N–H and O–H groups in total. The average Bonchev–Trinajstić information content (AvgIpc) is 1.86. The second kappa shape index (κ2) is 29.5. The van der Waals surface area contributed by atoms with Gasteiger partial charge in [-0.15, -0.1) is 16.7 Å². The molecule has 35 heteroatoms. The number of ether oxygens (including phenoxy) is 3. The van der Waals surface area contributed by atoms with E-state index in [-0.39, 0.29) is 97.9 Å². The van der Waals surface area contributed by atoms with Gasteiger partial charge in [-0.25, -0.2) is 51.2 Å². The van der Waals surface area contributed by atoms with Crippen LogP contribution in [0.15, 0.2) is 69.4 Å². The van der Waals surface area contributed by atoms with Crippen LogP contribution in [0, 0.1) is 19.7 Å². The van der Waals surface area contributed by atoms with Gasteiger partial charge < -0.3 is 30.2 Å². The zero-order valence-electron chi connectivity index (χ0n) is 45.9. The second-order valence-electron chi connectivity index (χ2n) is 17.8. The van der Waals surface area contributed by atoms with Gasteiger partial charge in [0.15, 0.2) is 26.9 Å². The van der Waals surface area contributed by atoms with Crippen LogP contribution in [0.1, 0.15) is 89.7 Å². The summed E-state index contributed by atoms with van der Waals surface area (Å²) in [4.78, 5) is 74.0. The number of hydrazone groups is 1. The van der Waals surface area contributed by atoms with E-state index >= 15 is 0 Å². The van der Waals surface area contributed by atoms with Gasteiger partial charge in [-0.05, 0) is 102 Å². The van der Waals surface area contributed by atoms with E-state index in [1.54, 1.807) is 45.9 Å². The van der Waals surface area contributed by atoms with Gasteiger partial charge in [-0.1, -0.05) is 58.0 Å². The topological polar surface area (TPSA) is 300 Å². The van der Waals surface area contributed by atoms with Crippen LogP contribution in [0.2, 0.25) is 25.2 Å². The van der Waals surface area contributed by atoms with Crippen molar-refractivity contribution in [2.24, 2.45) is 12.1 Å². The highest BCUT2D eigenvalue weighted by Gasteiger charge is 2.49.